The second kappa shape index (κ2) is 8.81. The summed E-state index contributed by atoms with van der Waals surface area (Å²) in [5.41, 5.74) is 0. The predicted molar refractivity (Wildman–Crippen MR) is 88.0 cm³/mol. The highest BCUT2D eigenvalue weighted by Gasteiger charge is 2.18. The maximum Gasteiger partial charge on any atom is 0.122 e. The highest BCUT2D eigenvalue weighted by atomic mass is 28.4. The van der Waals surface area contributed by atoms with Crippen molar-refractivity contribution in [3.63, 3.8) is 0 Å². The summed E-state index contributed by atoms with van der Waals surface area (Å²) in [6, 6.07) is 0. The molecule has 0 amide bonds. The Labute approximate surface area is 116 Å². The van der Waals surface area contributed by atoms with E-state index in [9.17, 15) is 0 Å². The van der Waals surface area contributed by atoms with Gasteiger partial charge >= 0.3 is 0 Å². The minimum absolute atomic E-state index is 0.233. The molecule has 0 aliphatic rings. The van der Waals surface area contributed by atoms with Crippen molar-refractivity contribution < 1.29 is 0 Å². The van der Waals surface area contributed by atoms with Gasteiger partial charge in [-0.15, -0.1) is 0 Å². The molecule has 0 aromatic rings. The molecule has 0 bridgehead atoms. The zero-order valence-electron chi connectivity index (χ0n) is 13.0. The van der Waals surface area contributed by atoms with Gasteiger partial charge in [0.25, 0.3) is 0 Å². The Morgan fingerprint density at radius 2 is 0.765 bits per heavy atom. The van der Waals surface area contributed by atoms with Gasteiger partial charge in [-0.2, -0.15) is 0 Å². The highest BCUT2D eigenvalue weighted by molar-refractivity contribution is 6.70. The molecular weight excluding hydrogens is 272 g/mol. The maximum atomic E-state index is 2.81. The van der Waals surface area contributed by atoms with E-state index in [4.69, 9.17) is 0 Å². The molecule has 0 atom stereocenters. The van der Waals surface area contributed by atoms with Gasteiger partial charge in [0.15, 0.2) is 0 Å². The van der Waals surface area contributed by atoms with Gasteiger partial charge in [-0.1, -0.05) is 52.4 Å². The number of nitrogens with zero attached hydrogens (tertiary/aromatic N) is 2. The lowest BCUT2D eigenvalue weighted by atomic mass is 10.4. The fourth-order valence-corrected chi connectivity index (χ4v) is 11.8. The van der Waals surface area contributed by atoms with E-state index < -0.39 is 0 Å². The van der Waals surface area contributed by atoms with E-state index in [2.05, 4.69) is 60.8 Å². The zero-order chi connectivity index (χ0) is 13.6. The first-order valence-electron chi connectivity index (χ1n) is 6.53. The molecular formula is C11H30N2Si4. The first-order chi connectivity index (χ1) is 7.77. The van der Waals surface area contributed by atoms with Crippen molar-refractivity contribution in [2.75, 3.05) is 13.1 Å². The smallest absolute Gasteiger partial charge is 0.122 e. The summed E-state index contributed by atoms with van der Waals surface area (Å²) in [7, 11) is -0.934. The van der Waals surface area contributed by atoms with Crippen molar-refractivity contribution in [2.45, 2.75) is 58.8 Å². The molecule has 0 aromatic heterocycles. The minimum atomic E-state index is -0.233. The Kier molecular flexibility index (Phi) is 9.22. The van der Waals surface area contributed by atoms with E-state index in [-0.39, 0.29) is 35.8 Å². The first kappa shape index (κ1) is 17.8. The Balaban J connectivity index is 4.10. The summed E-state index contributed by atoms with van der Waals surface area (Å²) in [4.78, 5) is 0. The average molecular weight is 303 g/mol. The first-order valence-corrected chi connectivity index (χ1v) is 16.3. The lowest BCUT2D eigenvalue weighted by Crippen LogP contribution is -2.47. The van der Waals surface area contributed by atoms with E-state index in [0.29, 0.717) is 0 Å². The molecule has 0 rings (SSSR count). The largest absolute Gasteiger partial charge is 0.347 e. The summed E-state index contributed by atoms with van der Waals surface area (Å²) in [6.07, 6.45) is 1.37. The second-order valence-electron chi connectivity index (χ2n) is 5.45. The van der Waals surface area contributed by atoms with Crippen molar-refractivity contribution in [3.05, 3.63) is 0 Å². The normalized spacial score (nSPS) is 13.1. The van der Waals surface area contributed by atoms with E-state index in [1.165, 1.54) is 19.5 Å². The van der Waals surface area contributed by atoms with E-state index in [1.807, 2.05) is 0 Å². The van der Waals surface area contributed by atoms with Crippen LogP contribution in [0.2, 0.25) is 52.4 Å². The summed E-state index contributed by atoms with van der Waals surface area (Å²) in [5.74, 6) is 0. The third-order valence-corrected chi connectivity index (χ3v) is 13.5. The van der Waals surface area contributed by atoms with Gasteiger partial charge in [-0.25, -0.2) is 0 Å². The summed E-state index contributed by atoms with van der Waals surface area (Å²) in [6.45, 7) is 22.1. The van der Waals surface area contributed by atoms with E-state index >= 15 is 0 Å². The van der Waals surface area contributed by atoms with Crippen molar-refractivity contribution in [3.8, 4) is 0 Å². The topological polar surface area (TPSA) is 6.48 Å². The summed E-state index contributed by atoms with van der Waals surface area (Å²) < 4.78 is 5.62. The minimum Gasteiger partial charge on any atom is -0.347 e. The Bertz CT molecular complexity index is 162. The number of hydrogen-bond acceptors (Lipinski definition) is 2. The molecule has 0 spiro atoms. The summed E-state index contributed by atoms with van der Waals surface area (Å²) in [5, 5.41) is 0. The maximum absolute atomic E-state index is 2.81. The van der Waals surface area contributed by atoms with Gasteiger partial charge in [-0.3, -0.25) is 0 Å². The molecule has 6 heteroatoms. The van der Waals surface area contributed by atoms with Crippen molar-refractivity contribution in [1.82, 2.24) is 8.46 Å². The fraction of sp³-hybridized carbons (Fsp3) is 1.00. The van der Waals surface area contributed by atoms with Crippen LogP contribution in [0.25, 0.3) is 0 Å². The number of hydrogen-bond donors (Lipinski definition) is 0. The molecule has 0 heterocycles. The van der Waals surface area contributed by atoms with Crippen LogP contribution in [0.3, 0.4) is 0 Å². The van der Waals surface area contributed by atoms with Crippen LogP contribution >= 0.6 is 0 Å². The van der Waals surface area contributed by atoms with Crippen LogP contribution in [0, 0.1) is 0 Å². The van der Waals surface area contributed by atoms with Crippen molar-refractivity contribution in [2.24, 2.45) is 0 Å². The number of rotatable bonds is 8. The van der Waals surface area contributed by atoms with Crippen LogP contribution in [-0.2, 0) is 0 Å². The molecule has 0 aliphatic heterocycles. The third kappa shape index (κ3) is 7.07. The molecule has 0 unspecified atom stereocenters. The lowest BCUT2D eigenvalue weighted by Gasteiger charge is -2.32. The van der Waals surface area contributed by atoms with Gasteiger partial charge in [-0.05, 0) is 19.5 Å². The standard InChI is InChI=1S/C11H30N2Si4/c1-14(2)12(15(3)4)10-9-11-13(16(5)6)17(7)8/h9-11H2,1-8H3. The van der Waals surface area contributed by atoms with Crippen LogP contribution in [0.4, 0.5) is 0 Å². The summed E-state index contributed by atoms with van der Waals surface area (Å²) >= 11 is 0. The van der Waals surface area contributed by atoms with Crippen LogP contribution in [0.15, 0.2) is 0 Å². The highest BCUT2D eigenvalue weighted by Crippen LogP contribution is 2.05. The molecule has 0 aliphatic carbocycles. The van der Waals surface area contributed by atoms with Gasteiger partial charge in [0, 0.05) is 0 Å². The molecule has 0 aromatic carbocycles. The SMILES string of the molecule is C[Si](C)N(CCCN([Si](C)C)[Si](C)C)[Si](C)C. The van der Waals surface area contributed by atoms with Gasteiger partial charge in [0.2, 0.25) is 0 Å². The lowest BCUT2D eigenvalue weighted by molar-refractivity contribution is 0.539. The van der Waals surface area contributed by atoms with Gasteiger partial charge in [0.1, 0.15) is 35.8 Å². The fourth-order valence-electron chi connectivity index (χ4n) is 2.18. The zero-order valence-corrected chi connectivity index (χ0v) is 17.0. The van der Waals surface area contributed by atoms with Crippen LogP contribution < -0.4 is 0 Å². The monoisotopic (exact) mass is 302 g/mol. The predicted octanol–water partition coefficient (Wildman–Crippen LogP) is 2.98. The second-order valence-corrected chi connectivity index (χ2v) is 16.1. The average Bonchev–Trinajstić information content (AvgIpc) is 2.14. The van der Waals surface area contributed by atoms with Crippen molar-refractivity contribution in [1.29, 1.82) is 0 Å². The molecule has 0 saturated carbocycles. The van der Waals surface area contributed by atoms with E-state index in [0.717, 1.165) is 0 Å². The molecule has 4 radical (unpaired) electrons. The van der Waals surface area contributed by atoms with Gasteiger partial charge in [0.05, 0.1) is 0 Å². The Morgan fingerprint density at radius 1 is 0.529 bits per heavy atom. The molecule has 0 fully saturated rings. The molecule has 0 saturated heterocycles. The van der Waals surface area contributed by atoms with Gasteiger partial charge < -0.3 is 8.46 Å². The van der Waals surface area contributed by atoms with Crippen LogP contribution in [0.1, 0.15) is 6.42 Å². The van der Waals surface area contributed by atoms with Crippen LogP contribution in [-0.4, -0.2) is 57.4 Å². The quantitative estimate of drug-likeness (QED) is 0.636. The van der Waals surface area contributed by atoms with Crippen molar-refractivity contribution >= 4 is 35.8 Å². The molecule has 0 N–H and O–H groups in total. The third-order valence-electron chi connectivity index (χ3n) is 2.92. The molecule has 100 valence electrons. The van der Waals surface area contributed by atoms with Crippen LogP contribution in [0.5, 0.6) is 0 Å². The molecule has 2 nitrogen and oxygen atoms in total. The Morgan fingerprint density at radius 3 is 0.941 bits per heavy atom. The van der Waals surface area contributed by atoms with E-state index in [1.54, 1.807) is 0 Å². The Hall–Kier alpha value is 0.788. The molecule has 17 heavy (non-hydrogen) atoms.